The standard InChI is InChI=1S/C10H16N4O3/c1-5-4-12-9(17-5)7(3)13-6(2)8(15)14-10(11)16/h4,6-7,13H,1-3H3,(H3,11,14,15,16). The lowest BCUT2D eigenvalue weighted by molar-refractivity contribution is -0.121. The zero-order valence-electron chi connectivity index (χ0n) is 9.98. The van der Waals surface area contributed by atoms with Crippen LogP contribution in [0, 0.1) is 6.92 Å². The summed E-state index contributed by atoms with van der Waals surface area (Å²) in [6, 6.07) is -1.69. The number of primary amides is 1. The van der Waals surface area contributed by atoms with Gasteiger partial charge in [0.05, 0.1) is 18.3 Å². The van der Waals surface area contributed by atoms with E-state index in [1.54, 1.807) is 27.0 Å². The highest BCUT2D eigenvalue weighted by molar-refractivity contribution is 5.96. The molecular formula is C10H16N4O3. The average molecular weight is 240 g/mol. The van der Waals surface area contributed by atoms with Crippen LogP contribution in [0.15, 0.2) is 10.6 Å². The molecule has 0 aliphatic rings. The van der Waals surface area contributed by atoms with Crippen LogP contribution < -0.4 is 16.4 Å². The van der Waals surface area contributed by atoms with E-state index < -0.39 is 18.0 Å². The van der Waals surface area contributed by atoms with Gasteiger partial charge in [-0.05, 0) is 20.8 Å². The third-order valence-corrected chi connectivity index (χ3v) is 2.15. The molecule has 0 fully saturated rings. The van der Waals surface area contributed by atoms with Gasteiger partial charge in [-0.25, -0.2) is 9.78 Å². The third kappa shape index (κ3) is 3.87. The molecule has 1 rings (SSSR count). The number of amides is 3. The van der Waals surface area contributed by atoms with Crippen LogP contribution in [0.5, 0.6) is 0 Å². The molecule has 0 bridgehead atoms. The first-order chi connectivity index (χ1) is 7.90. The van der Waals surface area contributed by atoms with E-state index >= 15 is 0 Å². The number of rotatable bonds is 4. The van der Waals surface area contributed by atoms with Crippen molar-refractivity contribution in [1.29, 1.82) is 0 Å². The Kier molecular flexibility index (Phi) is 4.22. The van der Waals surface area contributed by atoms with Gasteiger partial charge in [-0.15, -0.1) is 0 Å². The summed E-state index contributed by atoms with van der Waals surface area (Å²) in [6.45, 7) is 5.20. The molecule has 0 radical (unpaired) electrons. The normalized spacial score (nSPS) is 14.1. The fraction of sp³-hybridized carbons (Fsp3) is 0.500. The van der Waals surface area contributed by atoms with Gasteiger partial charge in [0.25, 0.3) is 0 Å². The van der Waals surface area contributed by atoms with Crippen LogP contribution >= 0.6 is 0 Å². The van der Waals surface area contributed by atoms with Gasteiger partial charge in [0, 0.05) is 0 Å². The number of carbonyl (C=O) groups is 2. The van der Waals surface area contributed by atoms with Crippen LogP contribution in [0.4, 0.5) is 4.79 Å². The van der Waals surface area contributed by atoms with Crippen molar-refractivity contribution in [2.45, 2.75) is 32.9 Å². The second kappa shape index (κ2) is 5.44. The Bertz CT molecular complexity index is 415. The van der Waals surface area contributed by atoms with E-state index in [1.165, 1.54) is 0 Å². The Hall–Kier alpha value is -1.89. The van der Waals surface area contributed by atoms with Crippen LogP contribution in [0.25, 0.3) is 0 Å². The monoisotopic (exact) mass is 240 g/mol. The number of nitrogens with zero attached hydrogens (tertiary/aromatic N) is 1. The molecule has 7 heteroatoms. The highest BCUT2D eigenvalue weighted by Gasteiger charge is 2.19. The fourth-order valence-corrected chi connectivity index (χ4v) is 1.32. The molecule has 2 atom stereocenters. The van der Waals surface area contributed by atoms with Crippen LogP contribution in [0.1, 0.15) is 31.5 Å². The summed E-state index contributed by atoms with van der Waals surface area (Å²) >= 11 is 0. The maximum absolute atomic E-state index is 11.4. The molecule has 0 saturated carbocycles. The Morgan fingerprint density at radius 3 is 2.59 bits per heavy atom. The van der Waals surface area contributed by atoms with Crippen molar-refractivity contribution in [1.82, 2.24) is 15.6 Å². The molecule has 17 heavy (non-hydrogen) atoms. The lowest BCUT2D eigenvalue weighted by Gasteiger charge is -2.16. The summed E-state index contributed by atoms with van der Waals surface area (Å²) in [5.74, 6) is 0.691. The quantitative estimate of drug-likeness (QED) is 0.697. The van der Waals surface area contributed by atoms with Crippen LogP contribution in [-0.4, -0.2) is 23.0 Å². The van der Waals surface area contributed by atoms with E-state index in [2.05, 4.69) is 10.3 Å². The molecule has 3 amide bonds. The molecule has 4 N–H and O–H groups in total. The number of hydrogen-bond donors (Lipinski definition) is 3. The fourth-order valence-electron chi connectivity index (χ4n) is 1.32. The number of imide groups is 1. The zero-order valence-corrected chi connectivity index (χ0v) is 9.98. The predicted octanol–water partition coefficient (Wildman–Crippen LogP) is 0.217. The predicted molar refractivity (Wildman–Crippen MR) is 60.0 cm³/mol. The SMILES string of the molecule is Cc1cnc(C(C)NC(C)C(=O)NC(N)=O)o1. The number of nitrogens with two attached hydrogens (primary N) is 1. The van der Waals surface area contributed by atoms with Crippen molar-refractivity contribution < 1.29 is 14.0 Å². The van der Waals surface area contributed by atoms with Gasteiger partial charge < -0.3 is 10.2 Å². The van der Waals surface area contributed by atoms with Crippen molar-refractivity contribution in [3.05, 3.63) is 17.8 Å². The topological polar surface area (TPSA) is 110 Å². The van der Waals surface area contributed by atoms with E-state index in [4.69, 9.17) is 10.2 Å². The first-order valence-electron chi connectivity index (χ1n) is 5.19. The first kappa shape index (κ1) is 13.2. The molecule has 0 aliphatic carbocycles. The molecule has 1 aromatic rings. The Morgan fingerprint density at radius 1 is 1.47 bits per heavy atom. The first-order valence-corrected chi connectivity index (χ1v) is 5.19. The minimum absolute atomic E-state index is 0.239. The van der Waals surface area contributed by atoms with Gasteiger partial charge >= 0.3 is 6.03 Å². The molecule has 0 saturated heterocycles. The smallest absolute Gasteiger partial charge is 0.318 e. The second-order valence-electron chi connectivity index (χ2n) is 3.77. The number of nitrogens with one attached hydrogen (secondary N) is 2. The number of hydrogen-bond acceptors (Lipinski definition) is 5. The molecule has 0 spiro atoms. The Balaban J connectivity index is 2.53. The summed E-state index contributed by atoms with van der Waals surface area (Å²) in [6.07, 6.45) is 1.60. The van der Waals surface area contributed by atoms with Crippen molar-refractivity contribution in [2.75, 3.05) is 0 Å². The van der Waals surface area contributed by atoms with Gasteiger partial charge in [0.15, 0.2) is 0 Å². The largest absolute Gasteiger partial charge is 0.444 e. The molecule has 94 valence electrons. The van der Waals surface area contributed by atoms with Gasteiger partial charge in [-0.1, -0.05) is 0 Å². The number of aryl methyl sites for hydroxylation is 1. The highest BCUT2D eigenvalue weighted by atomic mass is 16.4. The van der Waals surface area contributed by atoms with Gasteiger partial charge in [-0.2, -0.15) is 0 Å². The summed E-state index contributed by atoms with van der Waals surface area (Å²) in [5, 5.41) is 4.93. The maximum Gasteiger partial charge on any atom is 0.318 e. The van der Waals surface area contributed by atoms with Crippen molar-refractivity contribution in [2.24, 2.45) is 5.73 Å². The third-order valence-electron chi connectivity index (χ3n) is 2.15. The molecule has 7 nitrogen and oxygen atoms in total. The molecule has 0 aliphatic heterocycles. The van der Waals surface area contributed by atoms with Gasteiger partial charge in [0.1, 0.15) is 5.76 Å². The molecule has 1 heterocycles. The second-order valence-corrected chi connectivity index (χ2v) is 3.77. The van der Waals surface area contributed by atoms with Crippen LogP contribution in [0.3, 0.4) is 0 Å². The maximum atomic E-state index is 11.4. The minimum Gasteiger partial charge on any atom is -0.444 e. The number of aromatic nitrogens is 1. The summed E-state index contributed by atoms with van der Waals surface area (Å²) in [5.41, 5.74) is 4.85. The highest BCUT2D eigenvalue weighted by Crippen LogP contribution is 2.12. The van der Waals surface area contributed by atoms with E-state index in [0.29, 0.717) is 11.7 Å². The Labute approximate surface area is 98.8 Å². The van der Waals surface area contributed by atoms with Crippen LogP contribution in [-0.2, 0) is 4.79 Å². The van der Waals surface area contributed by atoms with Crippen molar-refractivity contribution in [3.63, 3.8) is 0 Å². The van der Waals surface area contributed by atoms with E-state index in [0.717, 1.165) is 0 Å². The molecule has 0 aromatic carbocycles. The lowest BCUT2D eigenvalue weighted by Crippen LogP contribution is -2.47. The Morgan fingerprint density at radius 2 is 2.12 bits per heavy atom. The van der Waals surface area contributed by atoms with E-state index in [-0.39, 0.29) is 6.04 Å². The van der Waals surface area contributed by atoms with Gasteiger partial charge in [0.2, 0.25) is 11.8 Å². The summed E-state index contributed by atoms with van der Waals surface area (Å²) in [7, 11) is 0. The number of carbonyl (C=O) groups excluding carboxylic acids is 2. The van der Waals surface area contributed by atoms with Gasteiger partial charge in [-0.3, -0.25) is 15.4 Å². The lowest BCUT2D eigenvalue weighted by atomic mass is 10.2. The molecular weight excluding hydrogens is 224 g/mol. The van der Waals surface area contributed by atoms with Crippen molar-refractivity contribution >= 4 is 11.9 Å². The van der Waals surface area contributed by atoms with Crippen LogP contribution in [0.2, 0.25) is 0 Å². The van der Waals surface area contributed by atoms with E-state index in [1.807, 2.05) is 5.32 Å². The minimum atomic E-state index is -0.872. The summed E-state index contributed by atoms with van der Waals surface area (Å²) in [4.78, 5) is 25.9. The summed E-state index contributed by atoms with van der Waals surface area (Å²) < 4.78 is 5.31. The molecule has 2 unspecified atom stereocenters. The number of oxazole rings is 1. The van der Waals surface area contributed by atoms with Crippen molar-refractivity contribution in [3.8, 4) is 0 Å². The zero-order chi connectivity index (χ0) is 13.0. The average Bonchev–Trinajstić information content (AvgIpc) is 2.63. The number of urea groups is 1. The van der Waals surface area contributed by atoms with E-state index in [9.17, 15) is 9.59 Å². The molecule has 1 aromatic heterocycles.